The summed E-state index contributed by atoms with van der Waals surface area (Å²) < 4.78 is 23.4. The number of carbonyl (C=O) groups excluding carboxylic acids is 2. The first kappa shape index (κ1) is 21.5. The summed E-state index contributed by atoms with van der Waals surface area (Å²) in [6.45, 7) is 3.49. The Balaban J connectivity index is 1.45. The molecule has 29 heavy (non-hydrogen) atoms. The van der Waals surface area contributed by atoms with Crippen LogP contribution in [-0.2, 0) is 19.1 Å². The standard InChI is InChI=1S/C22H29FN2O4/c23-19-7-4-18(5-8-19)6-9-21(27)29-16-20(26)24-17-22(10-2-1-3-11-22)25-12-14-28-15-13-25/h4-9H,1-3,10-17H2,(H,24,26)/b9-6+. The molecule has 1 saturated heterocycles. The van der Waals surface area contributed by atoms with Crippen LogP contribution >= 0.6 is 0 Å². The van der Waals surface area contributed by atoms with E-state index in [2.05, 4.69) is 10.2 Å². The SMILES string of the molecule is O=C(COC(=O)/C=C/c1ccc(F)cc1)NCC1(N2CCOCC2)CCCCC1. The van der Waals surface area contributed by atoms with Crippen molar-refractivity contribution in [2.24, 2.45) is 0 Å². The third-order valence-corrected chi connectivity index (χ3v) is 5.71. The van der Waals surface area contributed by atoms with E-state index in [0.29, 0.717) is 12.1 Å². The lowest BCUT2D eigenvalue weighted by Gasteiger charge is -2.48. The second kappa shape index (κ2) is 10.5. The molecule has 1 aliphatic carbocycles. The van der Waals surface area contributed by atoms with Crippen molar-refractivity contribution in [1.29, 1.82) is 0 Å². The van der Waals surface area contributed by atoms with Gasteiger partial charge in [-0.25, -0.2) is 9.18 Å². The summed E-state index contributed by atoms with van der Waals surface area (Å²) in [5, 5.41) is 2.96. The minimum absolute atomic E-state index is 0.0236. The molecule has 1 saturated carbocycles. The zero-order chi connectivity index (χ0) is 20.5. The van der Waals surface area contributed by atoms with Crippen LogP contribution in [0, 0.1) is 5.82 Å². The molecule has 0 radical (unpaired) electrons. The Morgan fingerprint density at radius 1 is 1.14 bits per heavy atom. The number of hydrogen-bond acceptors (Lipinski definition) is 5. The quantitative estimate of drug-likeness (QED) is 0.559. The largest absolute Gasteiger partial charge is 0.452 e. The van der Waals surface area contributed by atoms with Crippen LogP contribution in [0.2, 0.25) is 0 Å². The van der Waals surface area contributed by atoms with Crippen LogP contribution in [0.1, 0.15) is 37.7 Å². The number of benzene rings is 1. The monoisotopic (exact) mass is 404 g/mol. The van der Waals surface area contributed by atoms with E-state index in [1.807, 2.05) is 0 Å². The van der Waals surface area contributed by atoms with Crippen molar-refractivity contribution in [1.82, 2.24) is 10.2 Å². The Kier molecular flexibility index (Phi) is 7.77. The van der Waals surface area contributed by atoms with Crippen molar-refractivity contribution >= 4 is 18.0 Å². The highest BCUT2D eigenvalue weighted by molar-refractivity contribution is 5.89. The molecule has 0 atom stereocenters. The molecule has 0 unspecified atom stereocenters. The molecule has 1 aliphatic heterocycles. The average molecular weight is 404 g/mol. The molecule has 1 amide bonds. The average Bonchev–Trinajstić information content (AvgIpc) is 2.77. The van der Waals surface area contributed by atoms with Gasteiger partial charge in [0, 0.05) is 31.2 Å². The van der Waals surface area contributed by atoms with Crippen molar-refractivity contribution in [3.63, 3.8) is 0 Å². The van der Waals surface area contributed by atoms with E-state index in [-0.39, 0.29) is 23.9 Å². The Morgan fingerprint density at radius 2 is 1.83 bits per heavy atom. The Labute approximate surface area is 171 Å². The number of rotatable bonds is 7. The topological polar surface area (TPSA) is 67.9 Å². The summed E-state index contributed by atoms with van der Waals surface area (Å²) in [6.07, 6.45) is 8.44. The fourth-order valence-corrected chi connectivity index (χ4v) is 4.09. The predicted octanol–water partition coefficient (Wildman–Crippen LogP) is 2.53. The highest BCUT2D eigenvalue weighted by atomic mass is 19.1. The molecule has 1 heterocycles. The zero-order valence-electron chi connectivity index (χ0n) is 16.7. The number of nitrogens with zero attached hydrogens (tertiary/aromatic N) is 1. The molecular formula is C22H29FN2O4. The van der Waals surface area contributed by atoms with E-state index >= 15 is 0 Å². The van der Waals surface area contributed by atoms with Gasteiger partial charge in [0.1, 0.15) is 5.82 Å². The summed E-state index contributed by atoms with van der Waals surface area (Å²) in [6, 6.07) is 5.74. The summed E-state index contributed by atoms with van der Waals surface area (Å²) in [4.78, 5) is 26.5. The third kappa shape index (κ3) is 6.37. The van der Waals surface area contributed by atoms with Crippen LogP contribution in [0.15, 0.2) is 30.3 Å². The predicted molar refractivity (Wildman–Crippen MR) is 108 cm³/mol. The van der Waals surface area contributed by atoms with Gasteiger partial charge < -0.3 is 14.8 Å². The van der Waals surface area contributed by atoms with Crippen LogP contribution in [-0.4, -0.2) is 61.8 Å². The molecule has 1 N–H and O–H groups in total. The van der Waals surface area contributed by atoms with Gasteiger partial charge in [-0.15, -0.1) is 0 Å². The third-order valence-electron chi connectivity index (χ3n) is 5.71. The molecule has 2 aliphatic rings. The summed E-state index contributed by atoms with van der Waals surface area (Å²) in [5.74, 6) is -1.24. The van der Waals surface area contributed by atoms with Gasteiger partial charge in [-0.1, -0.05) is 31.4 Å². The maximum absolute atomic E-state index is 12.9. The molecular weight excluding hydrogens is 375 g/mol. The number of esters is 1. The van der Waals surface area contributed by atoms with Gasteiger partial charge >= 0.3 is 5.97 Å². The van der Waals surface area contributed by atoms with Crippen LogP contribution in [0.3, 0.4) is 0 Å². The fraction of sp³-hybridized carbons (Fsp3) is 0.545. The molecule has 7 heteroatoms. The van der Waals surface area contributed by atoms with Crippen molar-refractivity contribution in [3.05, 3.63) is 41.7 Å². The summed E-state index contributed by atoms with van der Waals surface area (Å²) in [7, 11) is 0. The Morgan fingerprint density at radius 3 is 2.52 bits per heavy atom. The van der Waals surface area contributed by atoms with E-state index < -0.39 is 5.97 Å². The smallest absolute Gasteiger partial charge is 0.331 e. The number of halogens is 1. The number of ether oxygens (including phenoxy) is 2. The maximum atomic E-state index is 12.9. The summed E-state index contributed by atoms with van der Waals surface area (Å²) in [5.41, 5.74) is 0.655. The Hall–Kier alpha value is -2.25. The van der Waals surface area contributed by atoms with Crippen molar-refractivity contribution in [3.8, 4) is 0 Å². The van der Waals surface area contributed by atoms with E-state index in [4.69, 9.17) is 9.47 Å². The lowest BCUT2D eigenvalue weighted by atomic mass is 9.79. The van der Waals surface area contributed by atoms with E-state index in [1.165, 1.54) is 30.7 Å². The molecule has 3 rings (SSSR count). The first-order chi connectivity index (χ1) is 14.1. The molecule has 6 nitrogen and oxygen atoms in total. The molecule has 1 aromatic rings. The first-order valence-corrected chi connectivity index (χ1v) is 10.3. The molecule has 0 aromatic heterocycles. The van der Waals surface area contributed by atoms with E-state index in [9.17, 15) is 14.0 Å². The van der Waals surface area contributed by atoms with E-state index in [0.717, 1.165) is 52.0 Å². The van der Waals surface area contributed by atoms with Gasteiger partial charge in [-0.2, -0.15) is 0 Å². The highest BCUT2D eigenvalue weighted by Crippen LogP contribution is 2.33. The first-order valence-electron chi connectivity index (χ1n) is 10.3. The van der Waals surface area contributed by atoms with Crippen LogP contribution < -0.4 is 5.32 Å². The molecule has 158 valence electrons. The van der Waals surface area contributed by atoms with Crippen LogP contribution in [0.25, 0.3) is 6.08 Å². The fourth-order valence-electron chi connectivity index (χ4n) is 4.09. The molecule has 2 fully saturated rings. The molecule has 1 aromatic carbocycles. The normalized spacial score (nSPS) is 19.8. The summed E-state index contributed by atoms with van der Waals surface area (Å²) >= 11 is 0. The lowest BCUT2D eigenvalue weighted by molar-refractivity contribution is -0.144. The van der Waals surface area contributed by atoms with Gasteiger partial charge in [0.05, 0.1) is 13.2 Å². The highest BCUT2D eigenvalue weighted by Gasteiger charge is 2.38. The number of hydrogen-bond donors (Lipinski definition) is 1. The van der Waals surface area contributed by atoms with Crippen molar-refractivity contribution in [2.75, 3.05) is 39.5 Å². The van der Waals surface area contributed by atoms with Gasteiger partial charge in [0.15, 0.2) is 6.61 Å². The zero-order valence-corrected chi connectivity index (χ0v) is 16.7. The molecule has 0 spiro atoms. The van der Waals surface area contributed by atoms with Crippen molar-refractivity contribution in [2.45, 2.75) is 37.6 Å². The van der Waals surface area contributed by atoms with Gasteiger partial charge in [0.25, 0.3) is 5.91 Å². The van der Waals surface area contributed by atoms with Crippen molar-refractivity contribution < 1.29 is 23.5 Å². The Bertz CT molecular complexity index is 708. The number of carbonyl (C=O) groups is 2. The van der Waals surface area contributed by atoms with Gasteiger partial charge in [-0.05, 0) is 36.6 Å². The van der Waals surface area contributed by atoms with Crippen LogP contribution in [0.5, 0.6) is 0 Å². The van der Waals surface area contributed by atoms with Gasteiger partial charge in [0.2, 0.25) is 0 Å². The number of amides is 1. The van der Waals surface area contributed by atoms with E-state index in [1.54, 1.807) is 12.1 Å². The second-order valence-electron chi connectivity index (χ2n) is 7.65. The lowest BCUT2D eigenvalue weighted by Crippen LogP contribution is -2.59. The minimum Gasteiger partial charge on any atom is -0.452 e. The van der Waals surface area contributed by atoms with Gasteiger partial charge in [-0.3, -0.25) is 9.69 Å². The number of nitrogens with one attached hydrogen (secondary N) is 1. The number of morpholine rings is 1. The minimum atomic E-state index is -0.606. The molecule has 0 bridgehead atoms. The second-order valence-corrected chi connectivity index (χ2v) is 7.65. The maximum Gasteiger partial charge on any atom is 0.331 e. The van der Waals surface area contributed by atoms with Crippen LogP contribution in [0.4, 0.5) is 4.39 Å².